The molecule has 140 valence electrons. The Morgan fingerprint density at radius 2 is 1.93 bits per heavy atom. The summed E-state index contributed by atoms with van der Waals surface area (Å²) in [4.78, 5) is -0.00407. The number of aromatic nitrogens is 3. The maximum absolute atomic E-state index is 13.4. The summed E-state index contributed by atoms with van der Waals surface area (Å²) in [6.45, 7) is 0.809. The van der Waals surface area contributed by atoms with Gasteiger partial charge in [-0.15, -0.1) is 10.2 Å². The lowest BCUT2D eigenvalue weighted by atomic mass is 10.0. The van der Waals surface area contributed by atoms with Crippen molar-refractivity contribution in [3.05, 3.63) is 72.6 Å². The monoisotopic (exact) mass is 386 g/mol. The van der Waals surface area contributed by atoms with Crippen molar-refractivity contribution >= 4 is 10.0 Å². The zero-order valence-corrected chi connectivity index (χ0v) is 15.4. The van der Waals surface area contributed by atoms with E-state index in [9.17, 15) is 12.8 Å². The molecule has 3 aromatic rings. The first-order chi connectivity index (χ1) is 13.0. The minimum absolute atomic E-state index is 0.00407. The van der Waals surface area contributed by atoms with Gasteiger partial charge < -0.3 is 0 Å². The molecule has 1 atom stereocenters. The number of hydrogen-bond donors (Lipinski definition) is 0. The third-order valence-corrected chi connectivity index (χ3v) is 6.67. The van der Waals surface area contributed by atoms with Gasteiger partial charge in [-0.05, 0) is 42.7 Å². The van der Waals surface area contributed by atoms with Crippen LogP contribution in [0.5, 0.6) is 0 Å². The van der Waals surface area contributed by atoms with Gasteiger partial charge in [0, 0.05) is 25.2 Å². The highest BCUT2D eigenvalue weighted by Gasteiger charge is 2.33. The highest BCUT2D eigenvalue weighted by Crippen LogP contribution is 2.27. The SMILES string of the molecule is O=S(=O)(c1cccc(F)c1)N1CCC(Cc2nncn2-c2ccccc2)C1. The van der Waals surface area contributed by atoms with E-state index in [1.54, 1.807) is 6.33 Å². The van der Waals surface area contributed by atoms with Gasteiger partial charge in [-0.2, -0.15) is 4.31 Å². The van der Waals surface area contributed by atoms with Crippen LogP contribution in [0.3, 0.4) is 0 Å². The van der Waals surface area contributed by atoms with Crippen LogP contribution < -0.4 is 0 Å². The lowest BCUT2D eigenvalue weighted by molar-refractivity contribution is 0.452. The number of rotatable bonds is 5. The molecule has 1 aromatic heterocycles. The van der Waals surface area contributed by atoms with Crippen LogP contribution in [0.25, 0.3) is 5.69 Å². The van der Waals surface area contributed by atoms with E-state index >= 15 is 0 Å². The van der Waals surface area contributed by atoms with Gasteiger partial charge in [0.1, 0.15) is 18.0 Å². The van der Waals surface area contributed by atoms with Gasteiger partial charge in [-0.3, -0.25) is 4.57 Å². The van der Waals surface area contributed by atoms with Crippen molar-refractivity contribution in [3.8, 4) is 5.69 Å². The first-order valence-corrected chi connectivity index (χ1v) is 10.2. The summed E-state index contributed by atoms with van der Waals surface area (Å²) in [5, 5.41) is 8.21. The Hall–Kier alpha value is -2.58. The van der Waals surface area contributed by atoms with E-state index in [4.69, 9.17) is 0 Å². The first-order valence-electron chi connectivity index (χ1n) is 8.74. The molecule has 1 saturated heterocycles. The number of nitrogens with zero attached hydrogens (tertiary/aromatic N) is 4. The lowest BCUT2D eigenvalue weighted by Gasteiger charge is -2.17. The average Bonchev–Trinajstić information content (AvgIpc) is 3.33. The summed E-state index contributed by atoms with van der Waals surface area (Å²) in [6.07, 6.45) is 3.03. The first kappa shape index (κ1) is 17.8. The number of sulfonamides is 1. The topological polar surface area (TPSA) is 68.1 Å². The normalized spacial score (nSPS) is 18.0. The molecule has 6 nitrogen and oxygen atoms in total. The van der Waals surface area contributed by atoms with Crippen LogP contribution in [0.1, 0.15) is 12.2 Å². The fraction of sp³-hybridized carbons (Fsp3) is 0.263. The summed E-state index contributed by atoms with van der Waals surface area (Å²) < 4.78 is 42.3. The second kappa shape index (κ2) is 7.21. The predicted molar refractivity (Wildman–Crippen MR) is 98.3 cm³/mol. The van der Waals surface area contributed by atoms with Crippen molar-refractivity contribution in [2.75, 3.05) is 13.1 Å². The molecular formula is C19H19FN4O2S. The molecular weight excluding hydrogens is 367 g/mol. The Kier molecular flexibility index (Phi) is 4.75. The fourth-order valence-electron chi connectivity index (χ4n) is 3.42. The predicted octanol–water partition coefficient (Wildman–Crippen LogP) is 2.66. The molecule has 2 aromatic carbocycles. The Bertz CT molecular complexity index is 1040. The van der Waals surface area contributed by atoms with Gasteiger partial charge in [-0.25, -0.2) is 12.8 Å². The van der Waals surface area contributed by atoms with Crippen LogP contribution in [0, 0.1) is 11.7 Å². The van der Waals surface area contributed by atoms with E-state index in [2.05, 4.69) is 10.2 Å². The minimum atomic E-state index is -3.68. The molecule has 0 saturated carbocycles. The minimum Gasteiger partial charge on any atom is -0.286 e. The number of benzene rings is 2. The van der Waals surface area contributed by atoms with Gasteiger partial charge in [0.15, 0.2) is 0 Å². The Balaban J connectivity index is 1.49. The number of halogens is 1. The van der Waals surface area contributed by atoms with E-state index in [1.807, 2.05) is 34.9 Å². The highest BCUT2D eigenvalue weighted by atomic mass is 32.2. The maximum Gasteiger partial charge on any atom is 0.243 e. The van der Waals surface area contributed by atoms with Crippen LogP contribution in [-0.2, 0) is 16.4 Å². The third kappa shape index (κ3) is 3.63. The second-order valence-corrected chi connectivity index (χ2v) is 8.57. The molecule has 0 N–H and O–H groups in total. The molecule has 1 aliphatic heterocycles. The van der Waals surface area contributed by atoms with Crippen LogP contribution in [-0.4, -0.2) is 40.6 Å². The van der Waals surface area contributed by atoms with Crippen LogP contribution >= 0.6 is 0 Å². The van der Waals surface area contributed by atoms with Gasteiger partial charge in [0.2, 0.25) is 10.0 Å². The largest absolute Gasteiger partial charge is 0.286 e. The molecule has 0 radical (unpaired) electrons. The molecule has 4 rings (SSSR count). The maximum atomic E-state index is 13.4. The summed E-state index contributed by atoms with van der Waals surface area (Å²) in [5.41, 5.74) is 0.972. The van der Waals surface area contributed by atoms with Crippen molar-refractivity contribution in [2.24, 2.45) is 5.92 Å². The van der Waals surface area contributed by atoms with Crippen LogP contribution in [0.2, 0.25) is 0 Å². The molecule has 0 bridgehead atoms. The van der Waals surface area contributed by atoms with E-state index < -0.39 is 15.8 Å². The number of para-hydroxylation sites is 1. The zero-order valence-electron chi connectivity index (χ0n) is 14.6. The molecule has 1 unspecified atom stereocenters. The second-order valence-electron chi connectivity index (χ2n) is 6.63. The number of hydrogen-bond acceptors (Lipinski definition) is 4. The van der Waals surface area contributed by atoms with E-state index in [1.165, 1.54) is 22.5 Å². The fourth-order valence-corrected chi connectivity index (χ4v) is 4.98. The van der Waals surface area contributed by atoms with E-state index in [0.29, 0.717) is 19.5 Å². The Morgan fingerprint density at radius 3 is 2.70 bits per heavy atom. The summed E-state index contributed by atoms with van der Waals surface area (Å²) in [5.74, 6) is 0.388. The summed E-state index contributed by atoms with van der Waals surface area (Å²) >= 11 is 0. The average molecular weight is 386 g/mol. The Labute approximate surface area is 157 Å². The molecule has 1 fully saturated rings. The van der Waals surface area contributed by atoms with Crippen LogP contribution in [0.15, 0.2) is 65.8 Å². The lowest BCUT2D eigenvalue weighted by Crippen LogP contribution is -2.29. The molecule has 2 heterocycles. The van der Waals surface area contributed by atoms with Crippen molar-refractivity contribution in [1.82, 2.24) is 19.1 Å². The van der Waals surface area contributed by atoms with Gasteiger partial charge in [0.25, 0.3) is 0 Å². The van der Waals surface area contributed by atoms with Crippen molar-refractivity contribution in [1.29, 1.82) is 0 Å². The zero-order chi connectivity index (χ0) is 18.9. The summed E-state index contributed by atoms with van der Waals surface area (Å²) in [7, 11) is -3.68. The van der Waals surface area contributed by atoms with Gasteiger partial charge in [0.05, 0.1) is 4.90 Å². The van der Waals surface area contributed by atoms with Gasteiger partial charge >= 0.3 is 0 Å². The quantitative estimate of drug-likeness (QED) is 0.676. The van der Waals surface area contributed by atoms with Crippen molar-refractivity contribution in [3.63, 3.8) is 0 Å². The van der Waals surface area contributed by atoms with Crippen LogP contribution in [0.4, 0.5) is 4.39 Å². The molecule has 0 spiro atoms. The smallest absolute Gasteiger partial charge is 0.243 e. The van der Waals surface area contributed by atoms with Gasteiger partial charge in [-0.1, -0.05) is 24.3 Å². The van der Waals surface area contributed by atoms with Crippen molar-refractivity contribution < 1.29 is 12.8 Å². The Morgan fingerprint density at radius 1 is 1.11 bits per heavy atom. The third-order valence-electron chi connectivity index (χ3n) is 4.81. The standard InChI is InChI=1S/C19H19FN4O2S/c20-16-5-4-8-18(12-16)27(25,26)23-10-9-15(13-23)11-19-22-21-14-24(19)17-6-2-1-3-7-17/h1-8,12,14-15H,9-11,13H2. The van der Waals surface area contributed by atoms with E-state index in [0.717, 1.165) is 24.0 Å². The highest BCUT2D eigenvalue weighted by molar-refractivity contribution is 7.89. The molecule has 1 aliphatic rings. The summed E-state index contributed by atoms with van der Waals surface area (Å²) in [6, 6.07) is 14.9. The molecule has 0 amide bonds. The van der Waals surface area contributed by atoms with Crippen molar-refractivity contribution in [2.45, 2.75) is 17.7 Å². The molecule has 27 heavy (non-hydrogen) atoms. The van der Waals surface area contributed by atoms with E-state index in [-0.39, 0.29) is 10.8 Å². The molecule has 0 aliphatic carbocycles. The molecule has 8 heteroatoms.